The van der Waals surface area contributed by atoms with Crippen LogP contribution < -0.4 is 5.32 Å². The molecule has 0 saturated carbocycles. The summed E-state index contributed by atoms with van der Waals surface area (Å²) >= 11 is 0. The molecule has 1 saturated heterocycles. The summed E-state index contributed by atoms with van der Waals surface area (Å²) in [6, 6.07) is 0.764. The van der Waals surface area contributed by atoms with Crippen molar-refractivity contribution in [2.75, 3.05) is 6.54 Å². The van der Waals surface area contributed by atoms with Gasteiger partial charge in [0.1, 0.15) is 0 Å². The van der Waals surface area contributed by atoms with Gasteiger partial charge in [-0.15, -0.1) is 0 Å². The van der Waals surface area contributed by atoms with Crippen LogP contribution in [0.15, 0.2) is 24.2 Å². The van der Waals surface area contributed by atoms with Crippen molar-refractivity contribution in [3.05, 3.63) is 24.2 Å². The molecule has 2 heteroatoms. The molecule has 0 radical (unpaired) electrons. The molecule has 3 rings (SSSR count). The van der Waals surface area contributed by atoms with E-state index in [-0.39, 0.29) is 0 Å². The SMILES string of the molecule is C1=CN2C=C3NCCC3C2C1. The van der Waals surface area contributed by atoms with Gasteiger partial charge in [0.05, 0.1) is 0 Å². The van der Waals surface area contributed by atoms with E-state index in [1.165, 1.54) is 25.1 Å². The quantitative estimate of drug-likeness (QED) is 0.552. The van der Waals surface area contributed by atoms with Gasteiger partial charge >= 0.3 is 0 Å². The van der Waals surface area contributed by atoms with Crippen LogP contribution in [0.1, 0.15) is 12.8 Å². The first-order valence-corrected chi connectivity index (χ1v) is 4.35. The Labute approximate surface area is 66.6 Å². The van der Waals surface area contributed by atoms with E-state index in [0.29, 0.717) is 0 Å². The second-order valence-corrected chi connectivity index (χ2v) is 3.54. The van der Waals surface area contributed by atoms with Crippen molar-refractivity contribution in [3.63, 3.8) is 0 Å². The highest BCUT2D eigenvalue weighted by molar-refractivity contribution is 5.24. The molecule has 0 bridgehead atoms. The topological polar surface area (TPSA) is 15.3 Å². The maximum Gasteiger partial charge on any atom is 0.0450 e. The lowest BCUT2D eigenvalue weighted by Crippen LogP contribution is -2.23. The van der Waals surface area contributed by atoms with Gasteiger partial charge in [0.25, 0.3) is 0 Å². The first kappa shape index (κ1) is 5.70. The third-order valence-corrected chi connectivity index (χ3v) is 2.97. The van der Waals surface area contributed by atoms with Crippen molar-refractivity contribution in [1.82, 2.24) is 10.2 Å². The van der Waals surface area contributed by atoms with Gasteiger partial charge in [-0.2, -0.15) is 0 Å². The number of hydrogen-bond acceptors (Lipinski definition) is 2. The minimum Gasteiger partial charge on any atom is -0.387 e. The number of rotatable bonds is 0. The Bertz CT molecular complexity index is 242. The Balaban J connectivity index is 1.97. The standard InChI is InChI=1S/C9H12N2/c1-2-9-7-3-4-10-8(7)6-11(9)5-1/h1,5-7,9-10H,2-4H2. The molecular weight excluding hydrogens is 136 g/mol. The fourth-order valence-electron chi connectivity index (χ4n) is 2.43. The molecule has 2 nitrogen and oxygen atoms in total. The van der Waals surface area contributed by atoms with E-state index < -0.39 is 0 Å². The zero-order valence-corrected chi connectivity index (χ0v) is 6.46. The molecule has 0 aromatic rings. The van der Waals surface area contributed by atoms with Gasteiger partial charge in [-0.05, 0) is 19.0 Å². The van der Waals surface area contributed by atoms with Gasteiger partial charge in [0.15, 0.2) is 0 Å². The lowest BCUT2D eigenvalue weighted by molar-refractivity contribution is 0.350. The highest BCUT2D eigenvalue weighted by Gasteiger charge is 2.38. The zero-order valence-electron chi connectivity index (χ0n) is 6.46. The molecule has 11 heavy (non-hydrogen) atoms. The number of fused-ring (bicyclic) bond motifs is 3. The molecule has 0 aliphatic carbocycles. The van der Waals surface area contributed by atoms with Crippen molar-refractivity contribution in [1.29, 1.82) is 0 Å². The monoisotopic (exact) mass is 148 g/mol. The van der Waals surface area contributed by atoms with Crippen LogP contribution in [-0.4, -0.2) is 17.5 Å². The summed E-state index contributed by atoms with van der Waals surface area (Å²) in [5.74, 6) is 0.810. The Morgan fingerprint density at radius 2 is 2.55 bits per heavy atom. The summed E-state index contributed by atoms with van der Waals surface area (Å²) in [6.45, 7) is 1.18. The summed E-state index contributed by atoms with van der Waals surface area (Å²) in [4.78, 5) is 2.35. The smallest absolute Gasteiger partial charge is 0.0450 e. The number of nitrogens with zero attached hydrogens (tertiary/aromatic N) is 1. The molecule has 1 N–H and O–H groups in total. The average molecular weight is 148 g/mol. The van der Waals surface area contributed by atoms with Crippen LogP contribution in [0, 0.1) is 5.92 Å². The average Bonchev–Trinajstić information content (AvgIpc) is 2.52. The molecular formula is C9H12N2. The number of hydrogen-bond donors (Lipinski definition) is 1. The molecule has 2 atom stereocenters. The predicted octanol–water partition coefficient (Wildman–Crippen LogP) is 1.04. The first-order chi connectivity index (χ1) is 5.45. The van der Waals surface area contributed by atoms with Crippen LogP contribution in [0.25, 0.3) is 0 Å². The molecule has 0 aromatic heterocycles. The van der Waals surface area contributed by atoms with E-state index in [1.807, 2.05) is 0 Å². The number of nitrogens with one attached hydrogen (secondary N) is 1. The molecule has 3 aliphatic rings. The Morgan fingerprint density at radius 3 is 3.55 bits per heavy atom. The highest BCUT2D eigenvalue weighted by Crippen LogP contribution is 2.37. The van der Waals surface area contributed by atoms with Gasteiger partial charge in [-0.25, -0.2) is 0 Å². The van der Waals surface area contributed by atoms with Gasteiger partial charge in [-0.3, -0.25) is 0 Å². The largest absolute Gasteiger partial charge is 0.387 e. The summed E-state index contributed by atoms with van der Waals surface area (Å²) in [5.41, 5.74) is 1.47. The molecule has 0 amide bonds. The normalized spacial score (nSPS) is 38.5. The molecule has 1 fully saturated rings. The molecule has 0 spiro atoms. The van der Waals surface area contributed by atoms with E-state index in [9.17, 15) is 0 Å². The molecule has 58 valence electrons. The lowest BCUT2D eigenvalue weighted by Gasteiger charge is -2.18. The van der Waals surface area contributed by atoms with Crippen molar-refractivity contribution < 1.29 is 0 Å². The van der Waals surface area contributed by atoms with Crippen molar-refractivity contribution in [2.24, 2.45) is 5.92 Å². The fraction of sp³-hybridized carbons (Fsp3) is 0.556. The third kappa shape index (κ3) is 0.621. The minimum absolute atomic E-state index is 0.764. The van der Waals surface area contributed by atoms with E-state index in [0.717, 1.165) is 12.0 Å². The third-order valence-electron chi connectivity index (χ3n) is 2.97. The first-order valence-electron chi connectivity index (χ1n) is 4.35. The van der Waals surface area contributed by atoms with E-state index in [2.05, 4.69) is 28.7 Å². The van der Waals surface area contributed by atoms with E-state index in [1.54, 1.807) is 0 Å². The Kier molecular flexibility index (Phi) is 0.939. The van der Waals surface area contributed by atoms with Crippen molar-refractivity contribution in [2.45, 2.75) is 18.9 Å². The summed E-state index contributed by atoms with van der Waals surface area (Å²) in [6.07, 6.45) is 9.32. The molecule has 0 aromatic carbocycles. The molecule has 3 aliphatic heterocycles. The maximum absolute atomic E-state index is 3.43. The van der Waals surface area contributed by atoms with E-state index >= 15 is 0 Å². The van der Waals surface area contributed by atoms with Gasteiger partial charge < -0.3 is 10.2 Å². The second-order valence-electron chi connectivity index (χ2n) is 3.54. The van der Waals surface area contributed by atoms with Crippen LogP contribution in [0.4, 0.5) is 0 Å². The van der Waals surface area contributed by atoms with E-state index in [4.69, 9.17) is 0 Å². The Morgan fingerprint density at radius 1 is 1.55 bits per heavy atom. The van der Waals surface area contributed by atoms with Crippen LogP contribution in [0.3, 0.4) is 0 Å². The van der Waals surface area contributed by atoms with Gasteiger partial charge in [0, 0.05) is 30.4 Å². The van der Waals surface area contributed by atoms with Crippen molar-refractivity contribution >= 4 is 0 Å². The summed E-state index contributed by atoms with van der Waals surface area (Å²) in [7, 11) is 0. The van der Waals surface area contributed by atoms with Crippen molar-refractivity contribution in [3.8, 4) is 0 Å². The fourth-order valence-corrected chi connectivity index (χ4v) is 2.43. The van der Waals surface area contributed by atoms with Crippen LogP contribution in [0.5, 0.6) is 0 Å². The maximum atomic E-state index is 3.43. The highest BCUT2D eigenvalue weighted by atomic mass is 15.2. The predicted molar refractivity (Wildman–Crippen MR) is 43.6 cm³/mol. The van der Waals surface area contributed by atoms with Crippen LogP contribution in [0.2, 0.25) is 0 Å². The van der Waals surface area contributed by atoms with Gasteiger partial charge in [-0.1, -0.05) is 6.08 Å². The van der Waals surface area contributed by atoms with Gasteiger partial charge in [0.2, 0.25) is 0 Å². The Hall–Kier alpha value is -0.920. The van der Waals surface area contributed by atoms with Crippen LogP contribution >= 0.6 is 0 Å². The second kappa shape index (κ2) is 1.81. The molecule has 3 heterocycles. The van der Waals surface area contributed by atoms with Crippen LogP contribution in [-0.2, 0) is 0 Å². The zero-order chi connectivity index (χ0) is 7.26. The lowest BCUT2D eigenvalue weighted by atomic mass is 9.97. The molecule has 2 unspecified atom stereocenters. The minimum atomic E-state index is 0.764. The summed E-state index contributed by atoms with van der Waals surface area (Å²) in [5, 5.41) is 3.43. The summed E-state index contributed by atoms with van der Waals surface area (Å²) < 4.78 is 0.